The average molecular weight is 531 g/mol. The number of aryl methyl sites for hydroxylation is 1. The Bertz CT molecular complexity index is 1520. The number of anilines is 1. The van der Waals surface area contributed by atoms with Crippen molar-refractivity contribution in [2.45, 2.75) is 50.9 Å². The van der Waals surface area contributed by atoms with Gasteiger partial charge in [-0.2, -0.15) is 18.3 Å². The molecule has 0 atom stereocenters. The van der Waals surface area contributed by atoms with Crippen molar-refractivity contribution in [1.82, 2.24) is 24.3 Å². The van der Waals surface area contributed by atoms with Crippen molar-refractivity contribution < 1.29 is 22.3 Å². The second kappa shape index (κ2) is 10.1. The van der Waals surface area contributed by atoms with Gasteiger partial charge in [-0.1, -0.05) is 0 Å². The lowest BCUT2D eigenvalue weighted by Gasteiger charge is -2.29. The van der Waals surface area contributed by atoms with Gasteiger partial charge in [0.15, 0.2) is 5.82 Å². The Morgan fingerprint density at radius 2 is 1.89 bits per heavy atom. The van der Waals surface area contributed by atoms with E-state index in [1.54, 1.807) is 25.5 Å². The van der Waals surface area contributed by atoms with Crippen molar-refractivity contribution in [3.63, 3.8) is 0 Å². The summed E-state index contributed by atoms with van der Waals surface area (Å²) in [5.74, 6) is -1.42. The van der Waals surface area contributed by atoms with E-state index in [1.807, 2.05) is 17.7 Å². The normalized spacial score (nSPS) is 18.1. The smallest absolute Gasteiger partial charge is 0.419 e. The highest BCUT2D eigenvalue weighted by Crippen LogP contribution is 2.38. The molecule has 38 heavy (non-hydrogen) atoms. The van der Waals surface area contributed by atoms with Crippen LogP contribution in [0.4, 0.5) is 23.4 Å². The molecule has 0 aromatic carbocycles. The highest BCUT2D eigenvalue weighted by atomic mass is 19.4. The Labute approximate surface area is 215 Å². The fraction of sp³-hybridized carbons (Fsp3) is 0.385. The number of rotatable bonds is 6. The summed E-state index contributed by atoms with van der Waals surface area (Å²) in [5.41, 5.74) is 0.816. The number of hydrogen-bond donors (Lipinski definition) is 1. The molecule has 0 aliphatic heterocycles. The number of alkyl halides is 3. The molecule has 0 amide bonds. The van der Waals surface area contributed by atoms with Crippen LogP contribution in [0, 0.1) is 5.82 Å². The first-order chi connectivity index (χ1) is 18.2. The third-order valence-electron chi connectivity index (χ3n) is 6.74. The van der Waals surface area contributed by atoms with Gasteiger partial charge in [0, 0.05) is 55.3 Å². The number of fused-ring (bicyclic) bond motifs is 1. The highest BCUT2D eigenvalue weighted by molar-refractivity contribution is 5.93. The fourth-order valence-corrected chi connectivity index (χ4v) is 4.83. The van der Waals surface area contributed by atoms with Gasteiger partial charge in [-0.25, -0.2) is 14.4 Å². The Morgan fingerprint density at radius 1 is 1.13 bits per heavy atom. The number of ether oxygens (including phenoxy) is 1. The van der Waals surface area contributed by atoms with Crippen molar-refractivity contribution in [3.8, 4) is 17.1 Å². The summed E-state index contributed by atoms with van der Waals surface area (Å²) in [6.07, 6.45) is 1.31. The first-order valence-corrected chi connectivity index (χ1v) is 12.3. The Kier molecular flexibility index (Phi) is 6.80. The van der Waals surface area contributed by atoms with E-state index >= 15 is 0 Å². The number of aromatic nitrogens is 5. The van der Waals surface area contributed by atoms with Crippen molar-refractivity contribution in [2.24, 2.45) is 7.05 Å². The average Bonchev–Trinajstić information content (AvgIpc) is 3.26. The summed E-state index contributed by atoms with van der Waals surface area (Å²) in [7, 11) is 1.68. The zero-order valence-electron chi connectivity index (χ0n) is 20.8. The molecule has 1 aliphatic carbocycles. The van der Waals surface area contributed by atoms with Gasteiger partial charge < -0.3 is 14.6 Å². The molecule has 0 spiro atoms. The van der Waals surface area contributed by atoms with E-state index in [0.717, 1.165) is 22.7 Å². The van der Waals surface area contributed by atoms with E-state index in [4.69, 9.17) is 9.84 Å². The number of nitrogens with one attached hydrogen (secondary N) is 1. The van der Waals surface area contributed by atoms with E-state index in [-0.39, 0.29) is 11.6 Å². The van der Waals surface area contributed by atoms with Crippen LogP contribution < -0.4 is 15.6 Å². The van der Waals surface area contributed by atoms with Crippen LogP contribution in [0.2, 0.25) is 0 Å². The van der Waals surface area contributed by atoms with E-state index in [9.17, 15) is 22.4 Å². The molecule has 200 valence electrons. The molecule has 5 rings (SSSR count). The van der Waals surface area contributed by atoms with Gasteiger partial charge in [0.05, 0.1) is 17.1 Å². The van der Waals surface area contributed by atoms with Crippen LogP contribution in [0.1, 0.15) is 44.2 Å². The van der Waals surface area contributed by atoms with E-state index in [2.05, 4.69) is 15.3 Å². The van der Waals surface area contributed by atoms with Crippen molar-refractivity contribution in [1.29, 1.82) is 0 Å². The molecule has 4 aromatic heterocycles. The molecule has 1 aliphatic rings. The van der Waals surface area contributed by atoms with Gasteiger partial charge in [-0.3, -0.25) is 9.48 Å². The Morgan fingerprint density at radius 3 is 2.58 bits per heavy atom. The minimum atomic E-state index is -4.83. The molecule has 1 saturated carbocycles. The van der Waals surface area contributed by atoms with E-state index in [0.29, 0.717) is 49.8 Å². The highest BCUT2D eigenvalue weighted by Gasteiger charge is 2.36. The molecule has 0 unspecified atom stereocenters. The zero-order valence-corrected chi connectivity index (χ0v) is 20.8. The molecule has 0 saturated heterocycles. The predicted octanol–water partition coefficient (Wildman–Crippen LogP) is 5.34. The summed E-state index contributed by atoms with van der Waals surface area (Å²) >= 11 is 0. The summed E-state index contributed by atoms with van der Waals surface area (Å²) in [5, 5.41) is 8.95. The third kappa shape index (κ3) is 4.94. The Hall–Kier alpha value is -3.96. The molecule has 12 heteroatoms. The molecular formula is C26H26F4N6O2. The van der Waals surface area contributed by atoms with Gasteiger partial charge in [0.1, 0.15) is 17.6 Å². The predicted molar refractivity (Wildman–Crippen MR) is 133 cm³/mol. The minimum absolute atomic E-state index is 0.0187. The van der Waals surface area contributed by atoms with E-state index < -0.39 is 29.5 Å². The van der Waals surface area contributed by atoms with Crippen LogP contribution in [0.15, 0.2) is 47.7 Å². The maximum Gasteiger partial charge on any atom is 0.419 e. The van der Waals surface area contributed by atoms with Crippen LogP contribution in [-0.4, -0.2) is 37.0 Å². The lowest BCUT2D eigenvalue weighted by molar-refractivity contribution is -0.140. The second-order valence-electron chi connectivity index (χ2n) is 9.30. The molecular weight excluding hydrogens is 504 g/mol. The van der Waals surface area contributed by atoms with Crippen LogP contribution in [0.3, 0.4) is 0 Å². The summed E-state index contributed by atoms with van der Waals surface area (Å²) < 4.78 is 62.6. The van der Waals surface area contributed by atoms with Crippen molar-refractivity contribution in [3.05, 3.63) is 64.6 Å². The number of pyridine rings is 3. The molecule has 4 heterocycles. The van der Waals surface area contributed by atoms with Gasteiger partial charge in [0.25, 0.3) is 5.88 Å². The number of halogens is 4. The summed E-state index contributed by atoms with van der Waals surface area (Å²) in [4.78, 5) is 20.1. The topological polar surface area (TPSA) is 86.9 Å². The molecule has 1 N–H and O–H groups in total. The standard InChI is InChI=1S/C26H26F4N6O2/c1-3-31-21-12-20-18(13-33-21)24(15-4-9-22(37)35(2)14-15)34-36(20)16-5-7-17(8-6-16)38-25-23(27)19(10-11-32-25)26(28,29)30/h4,9-14,16-17H,3,5-8H2,1-2H3,(H,31,33). The largest absolute Gasteiger partial charge is 0.472 e. The first kappa shape index (κ1) is 25.7. The Balaban J connectivity index is 1.41. The van der Waals surface area contributed by atoms with Gasteiger partial charge in [0.2, 0.25) is 5.56 Å². The van der Waals surface area contributed by atoms with Gasteiger partial charge in [-0.05, 0) is 44.7 Å². The fourth-order valence-electron chi connectivity index (χ4n) is 4.83. The molecule has 0 bridgehead atoms. The molecule has 1 fully saturated rings. The van der Waals surface area contributed by atoms with Gasteiger partial charge in [-0.15, -0.1) is 0 Å². The van der Waals surface area contributed by atoms with Crippen LogP contribution in [0.5, 0.6) is 5.88 Å². The summed E-state index contributed by atoms with van der Waals surface area (Å²) in [6, 6.07) is 5.73. The monoisotopic (exact) mass is 530 g/mol. The van der Waals surface area contributed by atoms with Crippen LogP contribution in [0.25, 0.3) is 22.2 Å². The SMILES string of the molecule is CCNc1cc2c(cn1)c(-c1ccc(=O)n(C)c1)nn2C1CCC(Oc2nccc(C(F)(F)F)c2F)CC1. The maximum absolute atomic E-state index is 14.4. The summed E-state index contributed by atoms with van der Waals surface area (Å²) in [6.45, 7) is 2.67. The lowest BCUT2D eigenvalue weighted by Crippen LogP contribution is -2.27. The van der Waals surface area contributed by atoms with Crippen molar-refractivity contribution >= 4 is 16.7 Å². The van der Waals surface area contributed by atoms with Crippen LogP contribution >= 0.6 is 0 Å². The van der Waals surface area contributed by atoms with Crippen LogP contribution in [-0.2, 0) is 13.2 Å². The molecule has 4 aromatic rings. The van der Waals surface area contributed by atoms with E-state index in [1.165, 1.54) is 10.6 Å². The first-order valence-electron chi connectivity index (χ1n) is 12.3. The molecule has 8 nitrogen and oxygen atoms in total. The quantitative estimate of drug-likeness (QED) is 0.339. The lowest BCUT2D eigenvalue weighted by atomic mass is 9.93. The maximum atomic E-state index is 14.4. The zero-order chi connectivity index (χ0) is 27.0. The third-order valence-corrected chi connectivity index (χ3v) is 6.74. The minimum Gasteiger partial charge on any atom is -0.472 e. The van der Waals surface area contributed by atoms with Gasteiger partial charge >= 0.3 is 6.18 Å². The second-order valence-corrected chi connectivity index (χ2v) is 9.30. The number of hydrogen-bond acceptors (Lipinski definition) is 6. The van der Waals surface area contributed by atoms with Crippen molar-refractivity contribution in [2.75, 3.05) is 11.9 Å². The number of nitrogens with zero attached hydrogens (tertiary/aromatic N) is 5. The molecule has 0 radical (unpaired) electrons.